The van der Waals surface area contributed by atoms with Gasteiger partial charge < -0.3 is 24.8 Å². The molecule has 1 saturated heterocycles. The van der Waals surface area contributed by atoms with Gasteiger partial charge in [-0.3, -0.25) is 0 Å². The van der Waals surface area contributed by atoms with Crippen molar-refractivity contribution in [3.8, 4) is 0 Å². The van der Waals surface area contributed by atoms with Gasteiger partial charge in [0.05, 0.1) is 12.7 Å². The lowest BCUT2D eigenvalue weighted by molar-refractivity contribution is -0.284. The average Bonchev–Trinajstić information content (AvgIpc) is 2.68. The maximum atomic E-state index is 10.0. The van der Waals surface area contributed by atoms with Crippen LogP contribution < -0.4 is 0 Å². The number of hydrogen-bond donors (Lipinski definition) is 3. The lowest BCUT2D eigenvalue weighted by Crippen LogP contribution is -2.54. The van der Waals surface area contributed by atoms with Crippen molar-refractivity contribution in [3.63, 3.8) is 0 Å². The van der Waals surface area contributed by atoms with E-state index in [-0.39, 0.29) is 12.7 Å². The summed E-state index contributed by atoms with van der Waals surface area (Å²) in [6, 6.07) is 0. The molecule has 1 aliphatic heterocycles. The van der Waals surface area contributed by atoms with Crippen LogP contribution in [0.3, 0.4) is 0 Å². The van der Waals surface area contributed by atoms with E-state index < -0.39 is 24.6 Å². The first-order valence-corrected chi connectivity index (χ1v) is 12.4. The van der Waals surface area contributed by atoms with Crippen molar-refractivity contribution in [2.75, 3.05) is 6.61 Å². The Morgan fingerprint density at radius 3 is 1.77 bits per heavy atom. The molecule has 0 spiro atoms. The summed E-state index contributed by atoms with van der Waals surface area (Å²) in [7, 11) is 0. The van der Waals surface area contributed by atoms with Crippen molar-refractivity contribution >= 4 is 0 Å². The van der Waals surface area contributed by atoms with Crippen molar-refractivity contribution in [3.05, 3.63) is 0 Å². The molecule has 3 N–H and O–H groups in total. The first-order chi connectivity index (χ1) is 14.1. The Balaban J connectivity index is 2.14. The van der Waals surface area contributed by atoms with Crippen molar-refractivity contribution in [2.45, 2.75) is 130 Å². The third-order valence-corrected chi connectivity index (χ3v) is 6.83. The molecule has 0 radical (unpaired) electrons. The van der Waals surface area contributed by atoms with E-state index in [0.717, 1.165) is 24.2 Å². The molecule has 0 aliphatic carbocycles. The van der Waals surface area contributed by atoms with Crippen LogP contribution in [-0.2, 0) is 9.47 Å². The van der Waals surface area contributed by atoms with Gasteiger partial charge in [-0.1, -0.05) is 86.0 Å². The van der Waals surface area contributed by atoms with Gasteiger partial charge in [-0.2, -0.15) is 0 Å². The number of rotatable bonds is 15. The van der Waals surface area contributed by atoms with E-state index in [9.17, 15) is 15.3 Å². The van der Waals surface area contributed by atoms with Gasteiger partial charge >= 0.3 is 0 Å². The van der Waals surface area contributed by atoms with E-state index >= 15 is 0 Å². The van der Waals surface area contributed by atoms with Crippen LogP contribution in [0.2, 0.25) is 0 Å². The summed E-state index contributed by atoms with van der Waals surface area (Å²) in [6.07, 6.45) is 7.17. The molecule has 8 atom stereocenters. The smallest absolute Gasteiger partial charge is 0.186 e. The van der Waals surface area contributed by atoms with Crippen LogP contribution in [-0.4, -0.2) is 52.6 Å². The predicted octanol–water partition coefficient (Wildman–Crippen LogP) is 4.91. The van der Waals surface area contributed by atoms with Crippen molar-refractivity contribution in [1.29, 1.82) is 0 Å². The zero-order valence-electron chi connectivity index (χ0n) is 20.4. The Bertz CT molecular complexity index is 430. The van der Waals surface area contributed by atoms with Gasteiger partial charge in [0.25, 0.3) is 0 Å². The molecule has 5 nitrogen and oxygen atoms in total. The van der Waals surface area contributed by atoms with Gasteiger partial charge in [-0.25, -0.2) is 0 Å². The minimum atomic E-state index is -1.22. The van der Waals surface area contributed by atoms with E-state index in [0.29, 0.717) is 5.92 Å². The van der Waals surface area contributed by atoms with Gasteiger partial charge in [-0.15, -0.1) is 0 Å². The molecule has 0 aromatic rings. The normalized spacial score (nSPS) is 29.0. The minimum absolute atomic E-state index is 0.0160. The maximum Gasteiger partial charge on any atom is 0.186 e. The van der Waals surface area contributed by atoms with Crippen LogP contribution >= 0.6 is 0 Å². The fraction of sp³-hybridized carbons (Fsp3) is 1.00. The third-order valence-electron chi connectivity index (χ3n) is 6.83. The molecule has 1 fully saturated rings. The van der Waals surface area contributed by atoms with E-state index in [4.69, 9.17) is 9.47 Å². The molecule has 1 heterocycles. The molecule has 180 valence electrons. The highest BCUT2D eigenvalue weighted by molar-refractivity contribution is 4.83. The maximum absolute atomic E-state index is 10.0. The number of aliphatic hydroxyl groups is 3. The van der Waals surface area contributed by atoms with Crippen LogP contribution in [0.25, 0.3) is 0 Å². The van der Waals surface area contributed by atoms with Gasteiger partial charge in [0.2, 0.25) is 0 Å². The molecule has 30 heavy (non-hydrogen) atoms. The number of aliphatic hydroxyl groups excluding tert-OH is 3. The Labute approximate surface area is 185 Å². The van der Waals surface area contributed by atoms with Crippen molar-refractivity contribution < 1.29 is 24.8 Å². The fourth-order valence-electron chi connectivity index (χ4n) is 4.25. The highest BCUT2D eigenvalue weighted by atomic mass is 16.7. The minimum Gasteiger partial charge on any atom is -0.388 e. The second-order valence-corrected chi connectivity index (χ2v) is 10.5. The Morgan fingerprint density at radius 2 is 1.23 bits per heavy atom. The highest BCUT2D eigenvalue weighted by Crippen LogP contribution is 2.25. The first-order valence-electron chi connectivity index (χ1n) is 12.4. The Hall–Kier alpha value is -0.200. The molecular weight excluding hydrogens is 380 g/mol. The molecular formula is C25H50O5. The number of ether oxygens (including phenoxy) is 2. The van der Waals surface area contributed by atoms with Crippen LogP contribution in [0.1, 0.15) is 99.3 Å². The largest absolute Gasteiger partial charge is 0.388 e. The molecule has 5 heteroatoms. The first kappa shape index (κ1) is 27.8. The summed E-state index contributed by atoms with van der Waals surface area (Å²) >= 11 is 0. The Kier molecular flexibility index (Phi) is 13.7. The molecule has 0 aromatic carbocycles. The highest BCUT2D eigenvalue weighted by Gasteiger charge is 2.39. The standard InChI is InChI=1S/C25H50O5/c1-17(2)10-7-11-18(3)12-8-13-19(4)14-9-15-20(5)21(6)30-25-24(28)23(27)22(26)16-29-25/h17-28H,7-16H2,1-6H3/t18?,19?,20?,21?,22-,23-,24-,25-/m1/s1. The van der Waals surface area contributed by atoms with Gasteiger partial charge in [0, 0.05) is 0 Å². The topological polar surface area (TPSA) is 79.2 Å². The van der Waals surface area contributed by atoms with Crippen LogP contribution in [0.5, 0.6) is 0 Å². The summed E-state index contributed by atoms with van der Waals surface area (Å²) in [5, 5.41) is 29.3. The molecule has 0 amide bonds. The predicted molar refractivity (Wildman–Crippen MR) is 122 cm³/mol. The van der Waals surface area contributed by atoms with Gasteiger partial charge in [-0.05, 0) is 37.0 Å². The fourth-order valence-corrected chi connectivity index (χ4v) is 4.25. The summed E-state index contributed by atoms with van der Waals surface area (Å²) in [4.78, 5) is 0. The van der Waals surface area contributed by atoms with Gasteiger partial charge in [0.1, 0.15) is 18.3 Å². The van der Waals surface area contributed by atoms with E-state index in [1.807, 2.05) is 6.92 Å². The van der Waals surface area contributed by atoms with Crippen LogP contribution in [0.15, 0.2) is 0 Å². The molecule has 1 aliphatic rings. The third kappa shape index (κ3) is 10.9. The molecule has 1 rings (SSSR count). The summed E-state index contributed by atoms with van der Waals surface area (Å²) in [6.45, 7) is 13.5. The number of hydrogen-bond acceptors (Lipinski definition) is 5. The molecule has 4 unspecified atom stereocenters. The van der Waals surface area contributed by atoms with Crippen LogP contribution in [0, 0.1) is 23.7 Å². The van der Waals surface area contributed by atoms with E-state index in [1.165, 1.54) is 51.4 Å². The van der Waals surface area contributed by atoms with E-state index in [1.54, 1.807) is 0 Å². The molecule has 0 saturated carbocycles. The zero-order chi connectivity index (χ0) is 22.7. The van der Waals surface area contributed by atoms with Crippen LogP contribution in [0.4, 0.5) is 0 Å². The molecule has 0 aromatic heterocycles. The second-order valence-electron chi connectivity index (χ2n) is 10.5. The summed E-state index contributed by atoms with van der Waals surface area (Å²) < 4.78 is 11.2. The molecule has 0 bridgehead atoms. The average molecular weight is 431 g/mol. The summed E-state index contributed by atoms with van der Waals surface area (Å²) in [5.41, 5.74) is 0. The van der Waals surface area contributed by atoms with E-state index in [2.05, 4.69) is 34.6 Å². The summed E-state index contributed by atoms with van der Waals surface area (Å²) in [5.74, 6) is 2.79. The zero-order valence-corrected chi connectivity index (χ0v) is 20.4. The lowest BCUT2D eigenvalue weighted by atomic mass is 9.90. The van der Waals surface area contributed by atoms with Crippen molar-refractivity contribution in [1.82, 2.24) is 0 Å². The monoisotopic (exact) mass is 430 g/mol. The Morgan fingerprint density at radius 1 is 0.733 bits per heavy atom. The lowest BCUT2D eigenvalue weighted by Gasteiger charge is -2.37. The quantitative estimate of drug-likeness (QED) is 0.344. The van der Waals surface area contributed by atoms with Crippen molar-refractivity contribution in [2.24, 2.45) is 23.7 Å². The second kappa shape index (κ2) is 14.8. The van der Waals surface area contributed by atoms with Gasteiger partial charge in [0.15, 0.2) is 6.29 Å². The SMILES string of the molecule is CC(C)CCCC(C)CCCC(C)CCCC(C)C(C)O[C@H]1OC[C@@H](O)[C@@H](O)[C@H]1O.